The van der Waals surface area contributed by atoms with E-state index in [1.165, 1.54) is 10.9 Å². The Morgan fingerprint density at radius 3 is 2.90 bits per heavy atom. The molecule has 1 saturated heterocycles. The number of hydrogen-bond donors (Lipinski definition) is 1. The molecule has 3 heteroatoms. The van der Waals surface area contributed by atoms with E-state index in [-0.39, 0.29) is 12.1 Å². The molecule has 3 unspecified atom stereocenters. The maximum atomic E-state index is 6.20. The van der Waals surface area contributed by atoms with Gasteiger partial charge in [-0.1, -0.05) is 25.1 Å². The first-order chi connectivity index (χ1) is 10.2. The zero-order chi connectivity index (χ0) is 14.8. The third kappa shape index (κ3) is 2.85. The largest absolute Gasteiger partial charge is 0.459 e. The van der Waals surface area contributed by atoms with Crippen LogP contribution in [0.4, 0.5) is 0 Å². The molecular weight excluding hydrogens is 262 g/mol. The van der Waals surface area contributed by atoms with Crippen molar-refractivity contribution in [2.24, 2.45) is 5.92 Å². The highest BCUT2D eigenvalue weighted by Gasteiger charge is 2.34. The van der Waals surface area contributed by atoms with Crippen molar-refractivity contribution in [1.29, 1.82) is 0 Å². The molecule has 0 bridgehead atoms. The molecule has 1 aliphatic rings. The Balaban J connectivity index is 1.95. The Hall–Kier alpha value is -1.32. The minimum absolute atomic E-state index is 0.245. The van der Waals surface area contributed by atoms with Crippen LogP contribution in [0.25, 0.3) is 11.0 Å². The summed E-state index contributed by atoms with van der Waals surface area (Å²) in [6, 6.07) is 8.76. The number of furan rings is 1. The molecular formula is C18H25NO2. The zero-order valence-electron chi connectivity index (χ0n) is 13.2. The molecule has 2 heterocycles. The van der Waals surface area contributed by atoms with E-state index in [4.69, 9.17) is 9.15 Å². The molecule has 1 aliphatic heterocycles. The highest BCUT2D eigenvalue weighted by Crippen LogP contribution is 2.36. The normalized spacial score (nSPS) is 23.8. The molecule has 3 nitrogen and oxygen atoms in total. The third-order valence-corrected chi connectivity index (χ3v) is 4.54. The van der Waals surface area contributed by atoms with E-state index >= 15 is 0 Å². The van der Waals surface area contributed by atoms with Gasteiger partial charge in [0.15, 0.2) is 0 Å². The van der Waals surface area contributed by atoms with Crippen molar-refractivity contribution < 1.29 is 9.15 Å². The van der Waals surface area contributed by atoms with Gasteiger partial charge in [0.1, 0.15) is 11.3 Å². The number of nitrogens with one attached hydrogen (secondary N) is 1. The van der Waals surface area contributed by atoms with Gasteiger partial charge in [0.25, 0.3) is 0 Å². The minimum atomic E-state index is 0.245. The van der Waals surface area contributed by atoms with Gasteiger partial charge in [0, 0.05) is 17.9 Å². The molecule has 2 aromatic rings. The van der Waals surface area contributed by atoms with Gasteiger partial charge < -0.3 is 14.5 Å². The summed E-state index contributed by atoms with van der Waals surface area (Å²) in [5.74, 6) is 1.53. The van der Waals surface area contributed by atoms with Gasteiger partial charge in [-0.05, 0) is 44.9 Å². The zero-order valence-corrected chi connectivity index (χ0v) is 13.2. The lowest BCUT2D eigenvalue weighted by Gasteiger charge is -2.25. The van der Waals surface area contributed by atoms with Gasteiger partial charge in [0.05, 0.1) is 12.1 Å². The number of ether oxygens (including phenoxy) is 1. The first-order valence-corrected chi connectivity index (χ1v) is 8.04. The predicted molar refractivity (Wildman–Crippen MR) is 85.5 cm³/mol. The standard InChI is InChI=1S/C18H25NO2/c1-4-9-19-17(15-8-10-20-13(15)3)16-11-14-7-5-6-12(2)18(14)21-16/h5-7,11,13,15,17,19H,4,8-10H2,1-3H3. The average molecular weight is 287 g/mol. The van der Waals surface area contributed by atoms with Crippen LogP contribution in [0.3, 0.4) is 0 Å². The van der Waals surface area contributed by atoms with E-state index in [1.807, 2.05) is 0 Å². The minimum Gasteiger partial charge on any atom is -0.459 e. The summed E-state index contributed by atoms with van der Waals surface area (Å²) >= 11 is 0. The Morgan fingerprint density at radius 1 is 1.38 bits per heavy atom. The van der Waals surface area contributed by atoms with Crippen LogP contribution < -0.4 is 5.32 Å². The first kappa shape index (κ1) is 14.6. The molecule has 1 aromatic heterocycles. The van der Waals surface area contributed by atoms with Crippen LogP contribution in [-0.4, -0.2) is 19.3 Å². The summed E-state index contributed by atoms with van der Waals surface area (Å²) < 4.78 is 12.0. The fraction of sp³-hybridized carbons (Fsp3) is 0.556. The van der Waals surface area contributed by atoms with E-state index in [2.05, 4.69) is 50.4 Å². The van der Waals surface area contributed by atoms with Crippen LogP contribution in [0.15, 0.2) is 28.7 Å². The fourth-order valence-electron chi connectivity index (χ4n) is 3.33. The van der Waals surface area contributed by atoms with E-state index in [1.54, 1.807) is 0 Å². The molecule has 1 N–H and O–H groups in total. The number of fused-ring (bicyclic) bond motifs is 1. The maximum Gasteiger partial charge on any atom is 0.137 e. The van der Waals surface area contributed by atoms with E-state index in [0.29, 0.717) is 5.92 Å². The topological polar surface area (TPSA) is 34.4 Å². The van der Waals surface area contributed by atoms with E-state index in [9.17, 15) is 0 Å². The SMILES string of the molecule is CCCNC(c1cc2cccc(C)c2o1)C1CCOC1C. The summed E-state index contributed by atoms with van der Waals surface area (Å²) in [6.45, 7) is 8.33. The summed E-state index contributed by atoms with van der Waals surface area (Å²) in [6.07, 6.45) is 2.50. The second-order valence-electron chi connectivity index (χ2n) is 6.10. The van der Waals surface area contributed by atoms with Crippen LogP contribution in [0.2, 0.25) is 0 Å². The van der Waals surface area contributed by atoms with Crippen molar-refractivity contribution >= 4 is 11.0 Å². The third-order valence-electron chi connectivity index (χ3n) is 4.54. The van der Waals surface area contributed by atoms with Crippen molar-refractivity contribution in [2.75, 3.05) is 13.2 Å². The monoisotopic (exact) mass is 287 g/mol. The van der Waals surface area contributed by atoms with Gasteiger partial charge >= 0.3 is 0 Å². The second kappa shape index (κ2) is 6.20. The van der Waals surface area contributed by atoms with Crippen LogP contribution >= 0.6 is 0 Å². The van der Waals surface area contributed by atoms with Crippen LogP contribution in [-0.2, 0) is 4.74 Å². The number of benzene rings is 1. The van der Waals surface area contributed by atoms with Crippen LogP contribution in [0.5, 0.6) is 0 Å². The molecule has 1 aromatic carbocycles. The molecule has 3 rings (SSSR count). The Morgan fingerprint density at radius 2 is 2.24 bits per heavy atom. The molecule has 0 saturated carbocycles. The Labute approximate surface area is 126 Å². The number of hydrogen-bond acceptors (Lipinski definition) is 3. The number of rotatable bonds is 5. The summed E-state index contributed by atoms with van der Waals surface area (Å²) in [5.41, 5.74) is 2.21. The molecule has 0 radical (unpaired) electrons. The smallest absolute Gasteiger partial charge is 0.137 e. The lowest BCUT2D eigenvalue weighted by atomic mass is 9.91. The van der Waals surface area contributed by atoms with E-state index in [0.717, 1.165) is 37.3 Å². The molecule has 1 fully saturated rings. The quantitative estimate of drug-likeness (QED) is 0.894. The second-order valence-corrected chi connectivity index (χ2v) is 6.10. The number of para-hydroxylation sites is 1. The molecule has 3 atom stereocenters. The summed E-state index contributed by atoms with van der Waals surface area (Å²) in [5, 5.41) is 4.86. The lowest BCUT2D eigenvalue weighted by Crippen LogP contribution is -2.32. The van der Waals surface area contributed by atoms with Crippen molar-refractivity contribution in [2.45, 2.75) is 45.8 Å². The first-order valence-electron chi connectivity index (χ1n) is 8.04. The molecule has 0 aliphatic carbocycles. The predicted octanol–water partition coefficient (Wildman–Crippen LogP) is 4.21. The summed E-state index contributed by atoms with van der Waals surface area (Å²) in [4.78, 5) is 0. The highest BCUT2D eigenvalue weighted by atomic mass is 16.5. The molecule has 0 spiro atoms. The highest BCUT2D eigenvalue weighted by molar-refractivity contribution is 5.81. The lowest BCUT2D eigenvalue weighted by molar-refractivity contribution is 0.0927. The van der Waals surface area contributed by atoms with Gasteiger partial charge in [-0.3, -0.25) is 0 Å². The molecule has 114 valence electrons. The van der Waals surface area contributed by atoms with Crippen molar-refractivity contribution in [3.05, 3.63) is 35.6 Å². The average Bonchev–Trinajstić information content (AvgIpc) is 3.07. The van der Waals surface area contributed by atoms with Gasteiger partial charge in [0.2, 0.25) is 0 Å². The maximum absolute atomic E-state index is 6.20. The Kier molecular flexibility index (Phi) is 4.32. The Bertz CT molecular complexity index is 604. The van der Waals surface area contributed by atoms with Crippen LogP contribution in [0, 0.1) is 12.8 Å². The summed E-state index contributed by atoms with van der Waals surface area (Å²) in [7, 11) is 0. The van der Waals surface area contributed by atoms with Crippen molar-refractivity contribution in [3.8, 4) is 0 Å². The molecule has 21 heavy (non-hydrogen) atoms. The van der Waals surface area contributed by atoms with Gasteiger partial charge in [-0.15, -0.1) is 0 Å². The number of aryl methyl sites for hydroxylation is 1. The van der Waals surface area contributed by atoms with E-state index < -0.39 is 0 Å². The molecule has 0 amide bonds. The van der Waals surface area contributed by atoms with Gasteiger partial charge in [-0.25, -0.2) is 0 Å². The van der Waals surface area contributed by atoms with Crippen molar-refractivity contribution in [3.63, 3.8) is 0 Å². The van der Waals surface area contributed by atoms with Crippen molar-refractivity contribution in [1.82, 2.24) is 5.32 Å². The van der Waals surface area contributed by atoms with Crippen LogP contribution in [0.1, 0.15) is 44.1 Å². The fourth-order valence-corrected chi connectivity index (χ4v) is 3.33. The van der Waals surface area contributed by atoms with Gasteiger partial charge in [-0.2, -0.15) is 0 Å².